The number of nitrogens with zero attached hydrogens (tertiary/aromatic N) is 1. The fraction of sp³-hybridized carbons (Fsp3) is 0.227. The van der Waals surface area contributed by atoms with Gasteiger partial charge in [0.25, 0.3) is 5.91 Å². The summed E-state index contributed by atoms with van der Waals surface area (Å²) in [4.78, 5) is 28.8. The van der Waals surface area contributed by atoms with Crippen LogP contribution >= 0.6 is 11.3 Å². The molecule has 0 radical (unpaired) electrons. The van der Waals surface area contributed by atoms with E-state index in [2.05, 4.69) is 17.2 Å². The van der Waals surface area contributed by atoms with Gasteiger partial charge in [-0.2, -0.15) is 0 Å². The fourth-order valence-corrected chi connectivity index (χ4v) is 3.72. The van der Waals surface area contributed by atoms with Crippen LogP contribution in [0.3, 0.4) is 0 Å². The normalized spacial score (nSPS) is 10.5. The van der Waals surface area contributed by atoms with E-state index in [-0.39, 0.29) is 18.3 Å². The molecule has 0 bridgehead atoms. The van der Waals surface area contributed by atoms with E-state index < -0.39 is 0 Å². The summed E-state index contributed by atoms with van der Waals surface area (Å²) in [6.07, 6.45) is 0.916. The molecular weight excluding hydrogens is 372 g/mol. The van der Waals surface area contributed by atoms with Crippen LogP contribution in [-0.4, -0.2) is 23.3 Å². The summed E-state index contributed by atoms with van der Waals surface area (Å²) in [6, 6.07) is 15.1. The molecule has 0 saturated carbocycles. The molecule has 3 aromatic rings. The van der Waals surface area contributed by atoms with Gasteiger partial charge < -0.3 is 10.1 Å². The minimum absolute atomic E-state index is 0.0247. The maximum absolute atomic E-state index is 12.1. The zero-order chi connectivity index (χ0) is 20.1. The second-order valence-electron chi connectivity index (χ2n) is 6.40. The second kappa shape index (κ2) is 8.80. The lowest BCUT2D eigenvalue weighted by molar-refractivity contribution is -0.118. The molecule has 6 heteroatoms. The summed E-state index contributed by atoms with van der Waals surface area (Å²) in [6.45, 7) is 5.38. The van der Waals surface area contributed by atoms with Gasteiger partial charge in [-0.15, -0.1) is 11.3 Å². The molecule has 1 heterocycles. The number of carbonyl (C=O) groups is 2. The van der Waals surface area contributed by atoms with Crippen LogP contribution in [0.4, 0.5) is 5.69 Å². The summed E-state index contributed by atoms with van der Waals surface area (Å²) in [5.74, 6) is 0.414. The van der Waals surface area contributed by atoms with Crippen LogP contribution in [0.15, 0.2) is 48.5 Å². The van der Waals surface area contributed by atoms with Crippen LogP contribution in [-0.2, 0) is 11.2 Å². The SMILES string of the molecule is CCc1cccc(NC(=O)COc2ccc(-c3nc(C)c(C(C)=O)s3)cc2)c1. The third-order valence-electron chi connectivity index (χ3n) is 4.21. The van der Waals surface area contributed by atoms with Gasteiger partial charge in [-0.05, 0) is 55.3 Å². The zero-order valence-electron chi connectivity index (χ0n) is 16.1. The summed E-state index contributed by atoms with van der Waals surface area (Å²) in [5, 5.41) is 3.63. The molecule has 0 aliphatic carbocycles. The Morgan fingerprint density at radius 1 is 1.14 bits per heavy atom. The number of carbonyl (C=O) groups excluding carboxylic acids is 2. The number of benzene rings is 2. The van der Waals surface area contributed by atoms with Crippen LogP contribution in [0.25, 0.3) is 10.6 Å². The van der Waals surface area contributed by atoms with Gasteiger partial charge in [0.05, 0.1) is 10.6 Å². The summed E-state index contributed by atoms with van der Waals surface area (Å²) in [5.41, 5.74) is 3.59. The molecule has 0 atom stereocenters. The van der Waals surface area contributed by atoms with E-state index in [1.807, 2.05) is 43.3 Å². The van der Waals surface area contributed by atoms with Crippen LogP contribution in [0.5, 0.6) is 5.75 Å². The second-order valence-corrected chi connectivity index (χ2v) is 7.40. The number of thiazole rings is 1. The number of hydrogen-bond acceptors (Lipinski definition) is 5. The number of ketones is 1. The molecule has 0 fully saturated rings. The van der Waals surface area contributed by atoms with E-state index in [0.717, 1.165) is 28.4 Å². The third kappa shape index (κ3) is 4.84. The molecule has 144 valence electrons. The average Bonchev–Trinajstić information content (AvgIpc) is 3.09. The molecule has 5 nitrogen and oxygen atoms in total. The van der Waals surface area contributed by atoms with Crippen LogP contribution in [0.1, 0.15) is 34.8 Å². The topological polar surface area (TPSA) is 68.3 Å². The molecule has 1 aromatic heterocycles. The number of nitrogens with one attached hydrogen (secondary N) is 1. The van der Waals surface area contributed by atoms with Gasteiger partial charge in [0, 0.05) is 18.2 Å². The van der Waals surface area contributed by atoms with Gasteiger partial charge in [0.15, 0.2) is 12.4 Å². The quantitative estimate of drug-likeness (QED) is 0.579. The number of aromatic nitrogens is 1. The first-order valence-electron chi connectivity index (χ1n) is 9.06. The molecule has 0 saturated heterocycles. The van der Waals surface area contributed by atoms with Gasteiger partial charge in [-0.1, -0.05) is 19.1 Å². The predicted molar refractivity (Wildman–Crippen MR) is 112 cm³/mol. The predicted octanol–water partition coefficient (Wildman–Crippen LogP) is 4.90. The van der Waals surface area contributed by atoms with Crippen molar-refractivity contribution in [3.05, 3.63) is 64.7 Å². The zero-order valence-corrected chi connectivity index (χ0v) is 16.9. The molecule has 0 aliphatic rings. The average molecular weight is 394 g/mol. The van der Waals surface area contributed by atoms with Crippen molar-refractivity contribution in [2.24, 2.45) is 0 Å². The van der Waals surface area contributed by atoms with Crippen molar-refractivity contribution in [3.8, 4) is 16.3 Å². The number of hydrogen-bond donors (Lipinski definition) is 1. The Bertz CT molecular complexity index is 993. The highest BCUT2D eigenvalue weighted by molar-refractivity contribution is 7.17. The van der Waals surface area contributed by atoms with Crippen molar-refractivity contribution in [2.45, 2.75) is 27.2 Å². The molecule has 1 N–H and O–H groups in total. The molecule has 0 aliphatic heterocycles. The van der Waals surface area contributed by atoms with E-state index in [1.165, 1.54) is 16.9 Å². The minimum Gasteiger partial charge on any atom is -0.484 e. The Morgan fingerprint density at radius 2 is 1.89 bits per heavy atom. The first-order valence-corrected chi connectivity index (χ1v) is 9.88. The van der Waals surface area contributed by atoms with Crippen LogP contribution in [0, 0.1) is 6.92 Å². The standard InChI is InChI=1S/C22H22N2O3S/c1-4-16-6-5-7-18(12-16)24-20(26)13-27-19-10-8-17(9-11-19)22-23-14(2)21(28-22)15(3)25/h5-12H,4,13H2,1-3H3,(H,24,26). The Morgan fingerprint density at radius 3 is 2.54 bits per heavy atom. The van der Waals surface area contributed by atoms with Crippen molar-refractivity contribution in [1.82, 2.24) is 4.98 Å². The van der Waals surface area contributed by atoms with E-state index in [4.69, 9.17) is 4.74 Å². The highest BCUT2D eigenvalue weighted by Gasteiger charge is 2.13. The van der Waals surface area contributed by atoms with Crippen molar-refractivity contribution in [2.75, 3.05) is 11.9 Å². The lowest BCUT2D eigenvalue weighted by atomic mass is 10.1. The monoisotopic (exact) mass is 394 g/mol. The third-order valence-corrected chi connectivity index (χ3v) is 5.51. The molecule has 1 amide bonds. The van der Waals surface area contributed by atoms with Crippen molar-refractivity contribution < 1.29 is 14.3 Å². The summed E-state index contributed by atoms with van der Waals surface area (Å²) < 4.78 is 5.57. The summed E-state index contributed by atoms with van der Waals surface area (Å²) >= 11 is 1.38. The number of aryl methyl sites for hydroxylation is 2. The molecule has 0 spiro atoms. The van der Waals surface area contributed by atoms with E-state index >= 15 is 0 Å². The lowest BCUT2D eigenvalue weighted by Gasteiger charge is -2.09. The first-order chi connectivity index (χ1) is 13.5. The Balaban J connectivity index is 1.59. The number of amides is 1. The maximum Gasteiger partial charge on any atom is 0.262 e. The number of rotatable bonds is 7. The fourth-order valence-electron chi connectivity index (χ4n) is 2.76. The van der Waals surface area contributed by atoms with Gasteiger partial charge in [-0.25, -0.2) is 4.98 Å². The van der Waals surface area contributed by atoms with Crippen molar-refractivity contribution in [3.63, 3.8) is 0 Å². The number of Topliss-reactive ketones (excluding diaryl/α,β-unsaturated/α-hetero) is 1. The van der Waals surface area contributed by atoms with Crippen molar-refractivity contribution in [1.29, 1.82) is 0 Å². The molecular formula is C22H22N2O3S. The Labute approximate surface area is 168 Å². The molecule has 28 heavy (non-hydrogen) atoms. The lowest BCUT2D eigenvalue weighted by Crippen LogP contribution is -2.20. The largest absolute Gasteiger partial charge is 0.484 e. The van der Waals surface area contributed by atoms with Gasteiger partial charge in [0.2, 0.25) is 0 Å². The van der Waals surface area contributed by atoms with E-state index in [1.54, 1.807) is 19.1 Å². The van der Waals surface area contributed by atoms with Gasteiger partial charge in [0.1, 0.15) is 10.8 Å². The van der Waals surface area contributed by atoms with Crippen LogP contribution in [0.2, 0.25) is 0 Å². The van der Waals surface area contributed by atoms with E-state index in [0.29, 0.717) is 10.6 Å². The smallest absolute Gasteiger partial charge is 0.262 e. The number of ether oxygens (including phenoxy) is 1. The van der Waals surface area contributed by atoms with Crippen LogP contribution < -0.4 is 10.1 Å². The highest BCUT2D eigenvalue weighted by atomic mass is 32.1. The van der Waals surface area contributed by atoms with E-state index in [9.17, 15) is 9.59 Å². The Kier molecular flexibility index (Phi) is 6.21. The molecule has 0 unspecified atom stereocenters. The maximum atomic E-state index is 12.1. The molecule has 3 rings (SSSR count). The van der Waals surface area contributed by atoms with Gasteiger partial charge >= 0.3 is 0 Å². The van der Waals surface area contributed by atoms with Gasteiger partial charge in [-0.3, -0.25) is 9.59 Å². The summed E-state index contributed by atoms with van der Waals surface area (Å²) in [7, 11) is 0. The first kappa shape index (κ1) is 19.8. The molecule has 2 aromatic carbocycles. The Hall–Kier alpha value is -2.99. The highest BCUT2D eigenvalue weighted by Crippen LogP contribution is 2.29. The minimum atomic E-state index is -0.209. The van der Waals surface area contributed by atoms with Crippen molar-refractivity contribution >= 4 is 28.7 Å². The number of anilines is 1.